The average molecular weight is 353 g/mol. The third-order valence-electron chi connectivity index (χ3n) is 3.69. The number of hydrogen-bond acceptors (Lipinski definition) is 4. The first-order valence-electron chi connectivity index (χ1n) is 8.47. The van der Waals surface area contributed by atoms with Gasteiger partial charge in [0.1, 0.15) is 6.54 Å². The number of hydrogen-bond donors (Lipinski definition) is 2. The number of carbonyl (C=O) groups is 1. The SMILES string of the molecule is CN(C)C(=O)CN=C(NCCCOCC1CC1)NCc1cccs1. The second-order valence-corrected chi connectivity index (χ2v) is 7.22. The maximum atomic E-state index is 11.7. The number of ether oxygens (including phenoxy) is 1. The molecule has 0 aliphatic heterocycles. The molecule has 1 aromatic heterocycles. The molecule has 1 aliphatic carbocycles. The van der Waals surface area contributed by atoms with Gasteiger partial charge < -0.3 is 20.3 Å². The topological polar surface area (TPSA) is 66.0 Å². The minimum Gasteiger partial charge on any atom is -0.381 e. The highest BCUT2D eigenvalue weighted by atomic mass is 32.1. The zero-order valence-electron chi connectivity index (χ0n) is 14.6. The number of amides is 1. The van der Waals surface area contributed by atoms with Crippen molar-refractivity contribution in [2.75, 3.05) is 40.4 Å². The summed E-state index contributed by atoms with van der Waals surface area (Å²) in [5.41, 5.74) is 0. The molecule has 1 aromatic rings. The highest BCUT2D eigenvalue weighted by molar-refractivity contribution is 7.09. The molecule has 7 heteroatoms. The van der Waals surface area contributed by atoms with Crippen LogP contribution in [-0.2, 0) is 16.1 Å². The summed E-state index contributed by atoms with van der Waals surface area (Å²) >= 11 is 1.70. The Bertz CT molecular complexity index is 513. The Balaban J connectivity index is 1.70. The van der Waals surface area contributed by atoms with Crippen LogP contribution in [0.1, 0.15) is 24.1 Å². The van der Waals surface area contributed by atoms with E-state index < -0.39 is 0 Å². The quantitative estimate of drug-likeness (QED) is 0.382. The van der Waals surface area contributed by atoms with Gasteiger partial charge in [-0.3, -0.25) is 4.79 Å². The van der Waals surface area contributed by atoms with Crippen LogP contribution in [-0.4, -0.2) is 57.2 Å². The zero-order valence-corrected chi connectivity index (χ0v) is 15.4. The summed E-state index contributed by atoms with van der Waals surface area (Å²) in [5, 5.41) is 8.60. The second-order valence-electron chi connectivity index (χ2n) is 6.18. The summed E-state index contributed by atoms with van der Waals surface area (Å²) in [5.74, 6) is 1.46. The Labute approximate surface area is 148 Å². The number of aliphatic imine (C=N–C) groups is 1. The first kappa shape index (κ1) is 18.7. The predicted molar refractivity (Wildman–Crippen MR) is 98.3 cm³/mol. The first-order valence-corrected chi connectivity index (χ1v) is 9.35. The van der Waals surface area contributed by atoms with E-state index in [1.807, 2.05) is 11.4 Å². The fourth-order valence-corrected chi connectivity index (χ4v) is 2.61. The smallest absolute Gasteiger partial charge is 0.243 e. The molecule has 1 aliphatic rings. The van der Waals surface area contributed by atoms with Crippen LogP contribution in [0.15, 0.2) is 22.5 Å². The third kappa shape index (κ3) is 7.79. The lowest BCUT2D eigenvalue weighted by Crippen LogP contribution is -2.38. The van der Waals surface area contributed by atoms with Crippen LogP contribution in [0.4, 0.5) is 0 Å². The van der Waals surface area contributed by atoms with Gasteiger partial charge in [0.05, 0.1) is 6.54 Å². The minimum absolute atomic E-state index is 0.0139. The van der Waals surface area contributed by atoms with E-state index in [-0.39, 0.29) is 12.5 Å². The number of rotatable bonds is 10. The number of carbonyl (C=O) groups excluding carboxylic acids is 1. The summed E-state index contributed by atoms with van der Waals surface area (Å²) in [6.07, 6.45) is 3.57. The van der Waals surface area contributed by atoms with Gasteiger partial charge in [0.2, 0.25) is 5.91 Å². The molecule has 1 saturated carbocycles. The number of thiophene rings is 1. The molecule has 134 valence electrons. The molecule has 0 radical (unpaired) electrons. The summed E-state index contributed by atoms with van der Waals surface area (Å²) in [7, 11) is 3.47. The summed E-state index contributed by atoms with van der Waals surface area (Å²) in [4.78, 5) is 18.9. The van der Waals surface area contributed by atoms with E-state index in [4.69, 9.17) is 4.74 Å². The van der Waals surface area contributed by atoms with Gasteiger partial charge in [-0.15, -0.1) is 11.3 Å². The monoisotopic (exact) mass is 352 g/mol. The number of nitrogens with one attached hydrogen (secondary N) is 2. The number of likely N-dealkylation sites (N-methyl/N-ethyl adjacent to an activating group) is 1. The normalized spacial score (nSPS) is 14.5. The van der Waals surface area contributed by atoms with E-state index in [0.717, 1.165) is 32.1 Å². The van der Waals surface area contributed by atoms with Crippen LogP contribution < -0.4 is 10.6 Å². The molecule has 2 rings (SSSR count). The molecule has 0 atom stereocenters. The van der Waals surface area contributed by atoms with E-state index in [1.165, 1.54) is 17.7 Å². The van der Waals surface area contributed by atoms with E-state index in [1.54, 1.807) is 30.3 Å². The van der Waals surface area contributed by atoms with E-state index in [9.17, 15) is 4.79 Å². The molecule has 0 spiro atoms. The average Bonchev–Trinajstić information content (AvgIpc) is 3.24. The van der Waals surface area contributed by atoms with Crippen LogP contribution in [0.5, 0.6) is 0 Å². The number of nitrogens with zero attached hydrogens (tertiary/aromatic N) is 2. The molecule has 1 heterocycles. The molecule has 1 amide bonds. The van der Waals surface area contributed by atoms with Crippen molar-refractivity contribution >= 4 is 23.2 Å². The fourth-order valence-electron chi connectivity index (χ4n) is 1.96. The Hall–Kier alpha value is -1.60. The van der Waals surface area contributed by atoms with Crippen LogP contribution in [0.25, 0.3) is 0 Å². The van der Waals surface area contributed by atoms with Gasteiger partial charge >= 0.3 is 0 Å². The zero-order chi connectivity index (χ0) is 17.2. The van der Waals surface area contributed by atoms with Crippen LogP contribution in [0.3, 0.4) is 0 Å². The van der Waals surface area contributed by atoms with Crippen molar-refractivity contribution in [2.45, 2.75) is 25.8 Å². The Morgan fingerprint density at radius 2 is 2.25 bits per heavy atom. The van der Waals surface area contributed by atoms with Crippen molar-refractivity contribution in [3.05, 3.63) is 22.4 Å². The highest BCUT2D eigenvalue weighted by Gasteiger charge is 2.20. The predicted octanol–water partition coefficient (Wildman–Crippen LogP) is 1.69. The second kappa shape index (κ2) is 10.3. The summed E-state index contributed by atoms with van der Waals surface area (Å²) in [6.45, 7) is 3.28. The lowest BCUT2D eigenvalue weighted by atomic mass is 10.4. The number of guanidine groups is 1. The van der Waals surface area contributed by atoms with Crippen molar-refractivity contribution < 1.29 is 9.53 Å². The van der Waals surface area contributed by atoms with Crippen molar-refractivity contribution in [1.29, 1.82) is 0 Å². The molecule has 2 N–H and O–H groups in total. The van der Waals surface area contributed by atoms with Gasteiger partial charge in [-0.25, -0.2) is 4.99 Å². The van der Waals surface area contributed by atoms with Gasteiger partial charge in [0.25, 0.3) is 0 Å². The standard InChI is InChI=1S/C17H28N4O2S/c1-21(2)16(22)12-20-17(19-11-15-5-3-10-24-15)18-8-4-9-23-13-14-6-7-14/h3,5,10,14H,4,6-9,11-13H2,1-2H3,(H2,18,19,20). The Morgan fingerprint density at radius 1 is 1.42 bits per heavy atom. The molecular formula is C17H28N4O2S. The molecule has 0 bridgehead atoms. The van der Waals surface area contributed by atoms with Gasteiger partial charge in [-0.1, -0.05) is 6.07 Å². The summed E-state index contributed by atoms with van der Waals surface area (Å²) < 4.78 is 5.63. The van der Waals surface area contributed by atoms with Crippen molar-refractivity contribution in [3.63, 3.8) is 0 Å². The van der Waals surface area contributed by atoms with Crippen LogP contribution in [0, 0.1) is 5.92 Å². The largest absolute Gasteiger partial charge is 0.381 e. The van der Waals surface area contributed by atoms with Gasteiger partial charge in [-0.2, -0.15) is 0 Å². The molecule has 6 nitrogen and oxygen atoms in total. The van der Waals surface area contributed by atoms with E-state index >= 15 is 0 Å². The lowest BCUT2D eigenvalue weighted by Gasteiger charge is -2.13. The van der Waals surface area contributed by atoms with Crippen molar-refractivity contribution in [3.8, 4) is 0 Å². The Kier molecular flexibility index (Phi) is 8.04. The van der Waals surface area contributed by atoms with Gasteiger partial charge in [0, 0.05) is 38.7 Å². The highest BCUT2D eigenvalue weighted by Crippen LogP contribution is 2.28. The van der Waals surface area contributed by atoms with Crippen LogP contribution >= 0.6 is 11.3 Å². The van der Waals surface area contributed by atoms with Crippen LogP contribution in [0.2, 0.25) is 0 Å². The Morgan fingerprint density at radius 3 is 2.92 bits per heavy atom. The lowest BCUT2D eigenvalue weighted by molar-refractivity contribution is -0.127. The molecule has 0 aromatic carbocycles. The van der Waals surface area contributed by atoms with Crippen molar-refractivity contribution in [2.24, 2.45) is 10.9 Å². The van der Waals surface area contributed by atoms with Gasteiger partial charge in [-0.05, 0) is 36.6 Å². The van der Waals surface area contributed by atoms with Crippen molar-refractivity contribution in [1.82, 2.24) is 15.5 Å². The maximum absolute atomic E-state index is 11.7. The third-order valence-corrected chi connectivity index (χ3v) is 4.57. The van der Waals surface area contributed by atoms with E-state index in [2.05, 4.69) is 21.7 Å². The molecule has 24 heavy (non-hydrogen) atoms. The molecule has 0 unspecified atom stereocenters. The fraction of sp³-hybridized carbons (Fsp3) is 0.647. The van der Waals surface area contributed by atoms with Gasteiger partial charge in [0.15, 0.2) is 5.96 Å². The molecule has 1 fully saturated rings. The first-order chi connectivity index (χ1) is 11.6. The molecule has 0 saturated heterocycles. The molecular weight excluding hydrogens is 324 g/mol. The summed E-state index contributed by atoms with van der Waals surface area (Å²) in [6, 6.07) is 4.10. The minimum atomic E-state index is -0.0139. The maximum Gasteiger partial charge on any atom is 0.243 e. The van der Waals surface area contributed by atoms with E-state index in [0.29, 0.717) is 12.5 Å².